The normalized spacial score (nSPS) is 9.45. The number of carbonyl (C=O) groups is 2. The highest BCUT2D eigenvalue weighted by Gasteiger charge is 2.04. The average Bonchev–Trinajstić information content (AvgIpc) is 3.24. The maximum Gasteiger partial charge on any atom is 0.412 e. The number of ether oxygens (including phenoxy) is 2. The summed E-state index contributed by atoms with van der Waals surface area (Å²) in [5.41, 5.74) is 5.39. The van der Waals surface area contributed by atoms with Crippen molar-refractivity contribution in [1.82, 2.24) is 5.32 Å². The highest BCUT2D eigenvalue weighted by molar-refractivity contribution is 5.90. The summed E-state index contributed by atoms with van der Waals surface area (Å²) in [5, 5.41) is 5.57. The third-order valence-electron chi connectivity index (χ3n) is 3.72. The molecule has 0 bridgehead atoms. The minimum Gasteiger partial charge on any atom is -0.464 e. The van der Waals surface area contributed by atoms with Crippen LogP contribution in [0.3, 0.4) is 0 Å². The summed E-state index contributed by atoms with van der Waals surface area (Å²) in [6.07, 6.45) is 0.501. The van der Waals surface area contributed by atoms with Crippen LogP contribution in [0.5, 0.6) is 5.75 Å². The van der Waals surface area contributed by atoms with Crippen LogP contribution in [0.25, 0.3) is 21.7 Å². The van der Waals surface area contributed by atoms with Gasteiger partial charge in [-0.3, -0.25) is 0 Å². The zero-order valence-electron chi connectivity index (χ0n) is 16.1. The number of methoxy groups -OCH3 is 1. The Kier molecular flexibility index (Phi) is 8.07. The van der Waals surface area contributed by atoms with Gasteiger partial charge in [-0.15, -0.1) is 0 Å². The van der Waals surface area contributed by atoms with Crippen LogP contribution in [0.15, 0.2) is 83.5 Å². The van der Waals surface area contributed by atoms with E-state index in [2.05, 4.69) is 15.8 Å². The molecule has 29 heavy (non-hydrogen) atoms. The van der Waals surface area contributed by atoms with Crippen LogP contribution in [0.4, 0.5) is 9.59 Å². The first kappa shape index (κ1) is 21.3. The third-order valence-corrected chi connectivity index (χ3v) is 3.72. The number of hydrogen-bond donors (Lipinski definition) is 2. The van der Waals surface area contributed by atoms with Gasteiger partial charge in [-0.05, 0) is 23.6 Å². The van der Waals surface area contributed by atoms with Crippen molar-refractivity contribution in [2.45, 2.75) is 0 Å². The van der Waals surface area contributed by atoms with Crippen LogP contribution in [-0.4, -0.2) is 26.3 Å². The molecule has 0 spiro atoms. The number of furan rings is 1. The first-order chi connectivity index (χ1) is 14.0. The van der Waals surface area contributed by atoms with E-state index in [1.807, 2.05) is 66.7 Å². The van der Waals surface area contributed by atoms with Crippen molar-refractivity contribution < 1.29 is 23.5 Å². The lowest BCUT2D eigenvalue weighted by molar-refractivity contribution is 0.182. The number of carbonyl (C=O) groups excluding carboxylic acids is 2. The van der Waals surface area contributed by atoms with Gasteiger partial charge in [0.05, 0.1) is 13.4 Å². The van der Waals surface area contributed by atoms with E-state index in [0.29, 0.717) is 5.75 Å². The van der Waals surface area contributed by atoms with E-state index in [9.17, 15) is 9.59 Å². The second-order valence-electron chi connectivity index (χ2n) is 5.60. The number of nitrogens with one attached hydrogen (secondary N) is 1. The number of rotatable bonds is 1. The molecule has 0 unspecified atom stereocenters. The fourth-order valence-electron chi connectivity index (χ4n) is 2.34. The van der Waals surface area contributed by atoms with Gasteiger partial charge in [0.2, 0.25) is 0 Å². The molecule has 7 heteroatoms. The van der Waals surface area contributed by atoms with Crippen LogP contribution >= 0.6 is 0 Å². The quantitative estimate of drug-likeness (QED) is 0.487. The lowest BCUT2D eigenvalue weighted by Gasteiger charge is -2.06. The highest BCUT2D eigenvalue weighted by atomic mass is 16.6. The summed E-state index contributed by atoms with van der Waals surface area (Å²) in [5.74, 6) is 0.576. The number of para-hydroxylation sites is 1. The molecule has 0 aliphatic rings. The SMILES string of the molecule is CNC(=O)Oc1cccc2ccccc12.COC(N)=O.c1ccc2occc2c1. The van der Waals surface area contributed by atoms with Gasteiger partial charge in [-0.2, -0.15) is 0 Å². The third kappa shape index (κ3) is 6.59. The van der Waals surface area contributed by atoms with E-state index in [4.69, 9.17) is 9.15 Å². The molecule has 0 aliphatic heterocycles. The maximum atomic E-state index is 11.1. The molecule has 1 heterocycles. The molecule has 0 atom stereocenters. The van der Waals surface area contributed by atoms with Crippen molar-refractivity contribution in [3.05, 3.63) is 79.1 Å². The van der Waals surface area contributed by atoms with E-state index in [0.717, 1.165) is 21.7 Å². The highest BCUT2D eigenvalue weighted by Crippen LogP contribution is 2.25. The van der Waals surface area contributed by atoms with E-state index in [-0.39, 0.29) is 0 Å². The number of amides is 2. The molecule has 0 aliphatic carbocycles. The lowest BCUT2D eigenvalue weighted by atomic mass is 10.1. The van der Waals surface area contributed by atoms with Gasteiger partial charge in [-0.1, -0.05) is 54.6 Å². The molecule has 7 nitrogen and oxygen atoms in total. The number of benzene rings is 3. The Hall–Kier alpha value is -4.00. The van der Waals surface area contributed by atoms with Gasteiger partial charge in [0.25, 0.3) is 0 Å². The Morgan fingerprint density at radius 2 is 1.52 bits per heavy atom. The predicted molar refractivity (Wildman–Crippen MR) is 112 cm³/mol. The van der Waals surface area contributed by atoms with Crippen LogP contribution in [0.2, 0.25) is 0 Å². The molecule has 0 saturated heterocycles. The van der Waals surface area contributed by atoms with Crippen LogP contribution < -0.4 is 15.8 Å². The van der Waals surface area contributed by atoms with Gasteiger partial charge in [0.15, 0.2) is 0 Å². The van der Waals surface area contributed by atoms with Crippen molar-refractivity contribution >= 4 is 33.9 Å². The van der Waals surface area contributed by atoms with E-state index < -0.39 is 12.2 Å². The zero-order valence-corrected chi connectivity index (χ0v) is 16.1. The van der Waals surface area contributed by atoms with Crippen molar-refractivity contribution in [3.63, 3.8) is 0 Å². The molecule has 150 valence electrons. The van der Waals surface area contributed by atoms with Gasteiger partial charge >= 0.3 is 12.2 Å². The van der Waals surface area contributed by atoms with Crippen LogP contribution in [0, 0.1) is 0 Å². The van der Waals surface area contributed by atoms with Crippen LogP contribution in [0.1, 0.15) is 0 Å². The Bertz CT molecular complexity index is 1040. The molecule has 4 aromatic rings. The van der Waals surface area contributed by atoms with Crippen molar-refractivity contribution in [1.29, 1.82) is 0 Å². The molecule has 1 aromatic heterocycles. The fraction of sp³-hybridized carbons (Fsp3) is 0.0909. The Morgan fingerprint density at radius 3 is 2.17 bits per heavy atom. The van der Waals surface area contributed by atoms with E-state index in [1.165, 1.54) is 14.2 Å². The largest absolute Gasteiger partial charge is 0.464 e. The number of nitrogens with two attached hydrogens (primary N) is 1. The van der Waals surface area contributed by atoms with Gasteiger partial charge in [0, 0.05) is 17.8 Å². The Morgan fingerprint density at radius 1 is 0.897 bits per heavy atom. The topological polar surface area (TPSA) is 104 Å². The number of fused-ring (bicyclic) bond motifs is 2. The summed E-state index contributed by atoms with van der Waals surface area (Å²) in [7, 11) is 2.76. The number of primary amides is 1. The summed E-state index contributed by atoms with van der Waals surface area (Å²) in [4.78, 5) is 20.5. The molecule has 3 N–H and O–H groups in total. The van der Waals surface area contributed by atoms with Crippen LogP contribution in [-0.2, 0) is 4.74 Å². The van der Waals surface area contributed by atoms with Gasteiger partial charge in [-0.25, -0.2) is 9.59 Å². The molecule has 0 fully saturated rings. The van der Waals surface area contributed by atoms with Crippen molar-refractivity contribution in [2.75, 3.05) is 14.2 Å². The monoisotopic (exact) mass is 394 g/mol. The molecule has 0 saturated carbocycles. The second-order valence-corrected chi connectivity index (χ2v) is 5.60. The first-order valence-electron chi connectivity index (χ1n) is 8.68. The van der Waals surface area contributed by atoms with E-state index >= 15 is 0 Å². The molecule has 0 radical (unpaired) electrons. The molecule has 4 rings (SSSR count). The molecule has 3 aromatic carbocycles. The molecular weight excluding hydrogens is 372 g/mol. The lowest BCUT2D eigenvalue weighted by Crippen LogP contribution is -2.22. The zero-order chi connectivity index (χ0) is 21.1. The van der Waals surface area contributed by atoms with Gasteiger partial charge < -0.3 is 24.9 Å². The summed E-state index contributed by atoms with van der Waals surface area (Å²) in [6.45, 7) is 0. The summed E-state index contributed by atoms with van der Waals surface area (Å²) >= 11 is 0. The summed E-state index contributed by atoms with van der Waals surface area (Å²) in [6, 6.07) is 23.3. The average molecular weight is 394 g/mol. The van der Waals surface area contributed by atoms with Crippen molar-refractivity contribution in [3.8, 4) is 5.75 Å². The van der Waals surface area contributed by atoms with Gasteiger partial charge in [0.1, 0.15) is 11.3 Å². The first-order valence-corrected chi connectivity index (χ1v) is 8.68. The van der Waals surface area contributed by atoms with E-state index in [1.54, 1.807) is 12.3 Å². The minimum atomic E-state index is -0.745. The standard InChI is InChI=1S/C12H11NO2.C8H6O.C2H5NO2/c1-13-12(14)15-11-8-4-6-9-5-2-3-7-10(9)11;1-2-4-8-7(3-1)5-6-9-8;1-5-2(3)4/h2-8H,1H3,(H,13,14);1-6H;1H3,(H2,3,4). The second kappa shape index (κ2) is 11.0. The summed E-state index contributed by atoms with van der Waals surface area (Å²) < 4.78 is 14.1. The minimum absolute atomic E-state index is 0.452. The molecule has 2 amide bonds. The van der Waals surface area contributed by atoms with Crippen molar-refractivity contribution in [2.24, 2.45) is 5.73 Å². The Labute approximate surface area is 168 Å². The molecular formula is C22H22N2O5. The maximum absolute atomic E-state index is 11.1. The Balaban J connectivity index is 0.000000181. The fourth-order valence-corrected chi connectivity index (χ4v) is 2.34. The number of hydrogen-bond acceptors (Lipinski definition) is 5. The predicted octanol–water partition coefficient (Wildman–Crippen LogP) is 4.70. The smallest absolute Gasteiger partial charge is 0.412 e.